The molecule has 0 radical (unpaired) electrons. The summed E-state index contributed by atoms with van der Waals surface area (Å²) in [5, 5.41) is 12.2. The summed E-state index contributed by atoms with van der Waals surface area (Å²) in [6.07, 6.45) is 4.98. The van der Waals surface area contributed by atoms with Crippen LogP contribution >= 0.6 is 0 Å². The first kappa shape index (κ1) is 20.7. The molecule has 1 N–H and O–H groups in total. The van der Waals surface area contributed by atoms with E-state index in [0.717, 1.165) is 62.3 Å². The molecule has 2 heterocycles. The molecule has 5 heteroatoms. The second-order valence-corrected chi connectivity index (χ2v) is 9.06. The molecule has 1 aliphatic carbocycles. The quantitative estimate of drug-likeness (QED) is 0.647. The van der Waals surface area contributed by atoms with E-state index in [1.54, 1.807) is 0 Å². The molecule has 1 aromatic heterocycles. The molecule has 164 valence electrons. The van der Waals surface area contributed by atoms with E-state index in [2.05, 4.69) is 75.9 Å². The normalized spacial score (nSPS) is 18.8. The number of nitrogens with one attached hydrogen (secondary N) is 1. The molecule has 2 aliphatic rings. The van der Waals surface area contributed by atoms with Crippen molar-refractivity contribution in [2.24, 2.45) is 5.92 Å². The van der Waals surface area contributed by atoms with Crippen molar-refractivity contribution in [3.8, 4) is 11.3 Å². The van der Waals surface area contributed by atoms with Gasteiger partial charge in [0.15, 0.2) is 5.82 Å². The van der Waals surface area contributed by atoms with Crippen molar-refractivity contribution < 1.29 is 4.79 Å². The number of carbonyl (C=O) groups is 1. The van der Waals surface area contributed by atoms with E-state index in [0.29, 0.717) is 0 Å². The third-order valence-corrected chi connectivity index (χ3v) is 6.87. The van der Waals surface area contributed by atoms with Gasteiger partial charge in [0.2, 0.25) is 5.91 Å². The summed E-state index contributed by atoms with van der Waals surface area (Å²) in [7, 11) is 0. The number of carbonyl (C=O) groups excluding carboxylic acids is 1. The number of aryl methyl sites for hydroxylation is 2. The van der Waals surface area contributed by atoms with Crippen LogP contribution in [0.1, 0.15) is 48.4 Å². The lowest BCUT2D eigenvalue weighted by Gasteiger charge is -2.33. The highest BCUT2D eigenvalue weighted by atomic mass is 16.1. The summed E-state index contributed by atoms with van der Waals surface area (Å²) in [4.78, 5) is 15.2. The van der Waals surface area contributed by atoms with Crippen LogP contribution in [0.4, 0.5) is 5.82 Å². The zero-order valence-electron chi connectivity index (χ0n) is 18.6. The number of benzene rings is 2. The summed E-state index contributed by atoms with van der Waals surface area (Å²) in [5.41, 5.74) is 5.88. The Morgan fingerprint density at radius 3 is 2.47 bits per heavy atom. The second-order valence-electron chi connectivity index (χ2n) is 9.06. The first-order valence-electron chi connectivity index (χ1n) is 11.7. The minimum atomic E-state index is 0.0696. The molecule has 1 saturated heterocycles. The monoisotopic (exact) mass is 426 g/mol. The first-order valence-corrected chi connectivity index (χ1v) is 11.7. The molecule has 1 amide bonds. The van der Waals surface area contributed by atoms with Gasteiger partial charge in [0.1, 0.15) is 0 Å². The van der Waals surface area contributed by atoms with E-state index >= 15 is 0 Å². The molecule has 1 atom stereocenters. The summed E-state index contributed by atoms with van der Waals surface area (Å²) < 4.78 is 0. The fourth-order valence-electron chi connectivity index (χ4n) is 4.94. The molecule has 32 heavy (non-hydrogen) atoms. The number of fused-ring (bicyclic) bond motifs is 1. The largest absolute Gasteiger partial charge is 0.355 e. The molecule has 5 rings (SSSR count). The van der Waals surface area contributed by atoms with Gasteiger partial charge in [-0.3, -0.25) is 4.79 Å². The molecule has 2 aromatic carbocycles. The van der Waals surface area contributed by atoms with Crippen molar-refractivity contribution >= 4 is 11.7 Å². The van der Waals surface area contributed by atoms with Crippen molar-refractivity contribution in [3.63, 3.8) is 0 Å². The molecule has 0 bridgehead atoms. The molecule has 0 saturated carbocycles. The Hall–Kier alpha value is -3.21. The highest BCUT2D eigenvalue weighted by Gasteiger charge is 2.29. The highest BCUT2D eigenvalue weighted by Crippen LogP contribution is 2.31. The summed E-state index contributed by atoms with van der Waals surface area (Å²) >= 11 is 0. The molecular weight excluding hydrogens is 396 g/mol. The Labute approximate surface area is 189 Å². The van der Waals surface area contributed by atoms with Crippen LogP contribution in [0.3, 0.4) is 0 Å². The maximum Gasteiger partial charge on any atom is 0.223 e. The van der Waals surface area contributed by atoms with Crippen molar-refractivity contribution in [2.45, 2.75) is 45.1 Å². The van der Waals surface area contributed by atoms with Gasteiger partial charge < -0.3 is 10.2 Å². The summed E-state index contributed by atoms with van der Waals surface area (Å²) in [5.74, 6) is 1.16. The third-order valence-electron chi connectivity index (χ3n) is 6.87. The maximum absolute atomic E-state index is 13.0. The van der Waals surface area contributed by atoms with Gasteiger partial charge >= 0.3 is 0 Å². The van der Waals surface area contributed by atoms with Gasteiger partial charge in [0.25, 0.3) is 0 Å². The Morgan fingerprint density at radius 2 is 1.72 bits per heavy atom. The van der Waals surface area contributed by atoms with Crippen LogP contribution in [-0.2, 0) is 11.2 Å². The molecule has 0 spiro atoms. The Morgan fingerprint density at radius 1 is 0.938 bits per heavy atom. The summed E-state index contributed by atoms with van der Waals surface area (Å²) in [6.45, 7) is 3.74. The molecular formula is C27H30N4O. The van der Waals surface area contributed by atoms with Crippen LogP contribution in [0.25, 0.3) is 11.3 Å². The van der Waals surface area contributed by atoms with Gasteiger partial charge in [0, 0.05) is 24.6 Å². The van der Waals surface area contributed by atoms with Gasteiger partial charge in [-0.25, -0.2) is 0 Å². The van der Waals surface area contributed by atoms with Gasteiger partial charge in [-0.15, -0.1) is 10.2 Å². The number of piperidine rings is 1. The van der Waals surface area contributed by atoms with Gasteiger partial charge in [-0.05, 0) is 62.3 Å². The third kappa shape index (κ3) is 4.38. The van der Waals surface area contributed by atoms with Crippen LogP contribution in [0.5, 0.6) is 0 Å². The standard InChI is InChI=1S/C27H30N4O/c1-19-9-11-21(12-10-19)24-13-14-26(30-29-24)31-17-15-22(16-18-31)27(32)28-25-8-4-6-20-5-2-3-7-23(20)25/h2-3,5,7,9-14,22,25H,4,6,8,15-18H2,1H3,(H,28,32)/t25-/m0/s1. The number of hydrogen-bond donors (Lipinski definition) is 1. The van der Waals surface area contributed by atoms with E-state index in [1.807, 2.05) is 12.1 Å². The SMILES string of the molecule is Cc1ccc(-c2ccc(N3CCC(C(=O)N[C@H]4CCCc5ccccc54)CC3)nn2)cc1. The lowest BCUT2D eigenvalue weighted by Crippen LogP contribution is -2.42. The second kappa shape index (κ2) is 9.11. The van der Waals surface area contributed by atoms with E-state index < -0.39 is 0 Å². The van der Waals surface area contributed by atoms with E-state index in [4.69, 9.17) is 0 Å². The molecule has 1 aliphatic heterocycles. The average molecular weight is 427 g/mol. The van der Waals surface area contributed by atoms with Crippen LogP contribution in [0.15, 0.2) is 60.7 Å². The Balaban J connectivity index is 1.17. The molecule has 1 fully saturated rings. The number of anilines is 1. The smallest absolute Gasteiger partial charge is 0.223 e. The maximum atomic E-state index is 13.0. The Kier molecular flexibility index (Phi) is 5.89. The minimum absolute atomic E-state index is 0.0696. The Bertz CT molecular complexity index is 1070. The number of aromatic nitrogens is 2. The fourth-order valence-corrected chi connectivity index (χ4v) is 4.94. The molecule has 3 aromatic rings. The lowest BCUT2D eigenvalue weighted by molar-refractivity contribution is -0.126. The van der Waals surface area contributed by atoms with Crippen LogP contribution in [-0.4, -0.2) is 29.2 Å². The summed E-state index contributed by atoms with van der Waals surface area (Å²) in [6, 6.07) is 21.1. The molecule has 5 nitrogen and oxygen atoms in total. The predicted molar refractivity (Wildman–Crippen MR) is 127 cm³/mol. The van der Waals surface area contributed by atoms with Gasteiger partial charge in [0.05, 0.1) is 11.7 Å². The van der Waals surface area contributed by atoms with E-state index in [-0.39, 0.29) is 17.9 Å². The predicted octanol–water partition coefficient (Wildman–Crippen LogP) is 4.86. The van der Waals surface area contributed by atoms with E-state index in [9.17, 15) is 4.79 Å². The van der Waals surface area contributed by atoms with Crippen molar-refractivity contribution in [1.29, 1.82) is 0 Å². The number of amides is 1. The van der Waals surface area contributed by atoms with Crippen LogP contribution in [0.2, 0.25) is 0 Å². The number of rotatable bonds is 4. The highest BCUT2D eigenvalue weighted by molar-refractivity contribution is 5.79. The van der Waals surface area contributed by atoms with Crippen LogP contribution in [0, 0.1) is 12.8 Å². The van der Waals surface area contributed by atoms with Gasteiger partial charge in [-0.2, -0.15) is 0 Å². The van der Waals surface area contributed by atoms with Gasteiger partial charge in [-0.1, -0.05) is 54.1 Å². The fraction of sp³-hybridized carbons (Fsp3) is 0.370. The minimum Gasteiger partial charge on any atom is -0.355 e. The van der Waals surface area contributed by atoms with Crippen molar-refractivity contribution in [1.82, 2.24) is 15.5 Å². The van der Waals surface area contributed by atoms with Crippen molar-refractivity contribution in [3.05, 3.63) is 77.4 Å². The van der Waals surface area contributed by atoms with Crippen molar-refractivity contribution in [2.75, 3.05) is 18.0 Å². The number of hydrogen-bond acceptors (Lipinski definition) is 4. The lowest BCUT2D eigenvalue weighted by atomic mass is 9.87. The zero-order chi connectivity index (χ0) is 21.9. The number of nitrogens with zero attached hydrogens (tertiary/aromatic N) is 3. The van der Waals surface area contributed by atoms with E-state index in [1.165, 1.54) is 16.7 Å². The molecule has 0 unspecified atom stereocenters. The topological polar surface area (TPSA) is 58.1 Å². The zero-order valence-corrected chi connectivity index (χ0v) is 18.6. The average Bonchev–Trinajstić information content (AvgIpc) is 2.85. The van der Waals surface area contributed by atoms with Crippen LogP contribution < -0.4 is 10.2 Å². The first-order chi connectivity index (χ1) is 15.7.